The Morgan fingerprint density at radius 1 is 1.00 bits per heavy atom. The van der Waals surface area contributed by atoms with Crippen molar-refractivity contribution in [2.24, 2.45) is 5.92 Å². The zero-order valence-corrected chi connectivity index (χ0v) is 14.8. The predicted molar refractivity (Wildman–Crippen MR) is 92.2 cm³/mol. The molecule has 0 amide bonds. The molecule has 1 aromatic rings. The predicted octanol–water partition coefficient (Wildman–Crippen LogP) is 4.12. The normalized spacial score (nSPS) is 12.7. The zero-order valence-electron chi connectivity index (χ0n) is 14.8. The lowest BCUT2D eigenvalue weighted by Gasteiger charge is -2.17. The van der Waals surface area contributed by atoms with Crippen LogP contribution in [-0.2, 0) is 11.2 Å². The van der Waals surface area contributed by atoms with Gasteiger partial charge in [-0.2, -0.15) is 0 Å². The van der Waals surface area contributed by atoms with Gasteiger partial charge in [-0.15, -0.1) is 0 Å². The van der Waals surface area contributed by atoms with Gasteiger partial charge in [-0.05, 0) is 87.2 Å². The molecular formula is C19H33NO. The van der Waals surface area contributed by atoms with Crippen molar-refractivity contribution in [2.75, 3.05) is 26.8 Å². The van der Waals surface area contributed by atoms with Crippen molar-refractivity contribution >= 4 is 0 Å². The summed E-state index contributed by atoms with van der Waals surface area (Å²) in [6, 6.07) is 2.32. The van der Waals surface area contributed by atoms with Crippen LogP contribution in [-0.4, -0.2) is 26.8 Å². The Morgan fingerprint density at radius 3 is 2.19 bits per heavy atom. The number of benzene rings is 1. The largest absolute Gasteiger partial charge is 0.383 e. The summed E-state index contributed by atoms with van der Waals surface area (Å²) in [6.07, 6.45) is 3.72. The first-order valence-electron chi connectivity index (χ1n) is 8.23. The Labute approximate surface area is 131 Å². The number of aryl methyl sites for hydroxylation is 2. The summed E-state index contributed by atoms with van der Waals surface area (Å²) in [6.45, 7) is 14.2. The summed E-state index contributed by atoms with van der Waals surface area (Å²) in [5.74, 6) is 0.764. The van der Waals surface area contributed by atoms with Gasteiger partial charge in [-0.25, -0.2) is 0 Å². The van der Waals surface area contributed by atoms with E-state index in [1.54, 1.807) is 12.7 Å². The van der Waals surface area contributed by atoms with Crippen LogP contribution in [0, 0.1) is 33.6 Å². The minimum Gasteiger partial charge on any atom is -0.383 e. The number of rotatable bonds is 9. The van der Waals surface area contributed by atoms with E-state index >= 15 is 0 Å². The second-order valence-electron chi connectivity index (χ2n) is 6.41. The summed E-state index contributed by atoms with van der Waals surface area (Å²) < 4.78 is 5.04. The summed E-state index contributed by atoms with van der Waals surface area (Å²) in [4.78, 5) is 0. The van der Waals surface area contributed by atoms with E-state index in [1.807, 2.05) is 0 Å². The highest BCUT2D eigenvalue weighted by atomic mass is 16.5. The summed E-state index contributed by atoms with van der Waals surface area (Å²) >= 11 is 0. The van der Waals surface area contributed by atoms with E-state index in [1.165, 1.54) is 41.5 Å². The van der Waals surface area contributed by atoms with Crippen molar-refractivity contribution in [3.8, 4) is 0 Å². The molecular weight excluding hydrogens is 258 g/mol. The smallest absolute Gasteiger partial charge is 0.0587 e. The van der Waals surface area contributed by atoms with Crippen molar-refractivity contribution in [3.05, 3.63) is 33.9 Å². The molecule has 0 saturated heterocycles. The zero-order chi connectivity index (χ0) is 15.8. The van der Waals surface area contributed by atoms with E-state index < -0.39 is 0 Å². The molecule has 1 aromatic carbocycles. The molecule has 0 aliphatic heterocycles. The fourth-order valence-corrected chi connectivity index (χ4v) is 2.86. The van der Waals surface area contributed by atoms with Gasteiger partial charge in [0.05, 0.1) is 6.61 Å². The Kier molecular flexibility index (Phi) is 7.98. The number of hydrogen-bond acceptors (Lipinski definition) is 2. The van der Waals surface area contributed by atoms with Crippen molar-refractivity contribution in [1.29, 1.82) is 0 Å². The van der Waals surface area contributed by atoms with Crippen LogP contribution >= 0.6 is 0 Å². The lowest BCUT2D eigenvalue weighted by molar-refractivity contribution is 0.199. The maximum atomic E-state index is 5.04. The molecule has 2 nitrogen and oxygen atoms in total. The van der Waals surface area contributed by atoms with Crippen LogP contribution in [0.15, 0.2) is 6.07 Å². The Hall–Kier alpha value is -0.860. The van der Waals surface area contributed by atoms with Crippen LogP contribution in [0.3, 0.4) is 0 Å². The Balaban J connectivity index is 2.44. The average Bonchev–Trinajstić information content (AvgIpc) is 2.45. The van der Waals surface area contributed by atoms with E-state index in [0.717, 1.165) is 25.6 Å². The molecule has 0 radical (unpaired) electrons. The molecule has 0 spiro atoms. The number of ether oxygens (including phenoxy) is 1. The van der Waals surface area contributed by atoms with Crippen molar-refractivity contribution < 1.29 is 4.74 Å². The fourth-order valence-electron chi connectivity index (χ4n) is 2.86. The summed E-state index contributed by atoms with van der Waals surface area (Å²) in [7, 11) is 1.75. The van der Waals surface area contributed by atoms with Gasteiger partial charge in [-0.3, -0.25) is 0 Å². The third-order valence-electron chi connectivity index (χ3n) is 4.71. The molecule has 1 atom stereocenters. The number of hydrogen-bond donors (Lipinski definition) is 1. The molecule has 0 aromatic heterocycles. The SMILES string of the molecule is COCCNCCC(C)CCc1c(C)c(C)cc(C)c1C. The highest BCUT2D eigenvalue weighted by Gasteiger charge is 2.10. The van der Waals surface area contributed by atoms with Crippen molar-refractivity contribution in [1.82, 2.24) is 5.32 Å². The first-order valence-corrected chi connectivity index (χ1v) is 8.23. The average molecular weight is 291 g/mol. The van der Waals surface area contributed by atoms with E-state index in [9.17, 15) is 0 Å². The van der Waals surface area contributed by atoms with Gasteiger partial charge in [-0.1, -0.05) is 13.0 Å². The molecule has 0 aliphatic rings. The molecule has 21 heavy (non-hydrogen) atoms. The molecule has 0 fully saturated rings. The van der Waals surface area contributed by atoms with Gasteiger partial charge in [0.2, 0.25) is 0 Å². The molecule has 1 rings (SSSR count). The van der Waals surface area contributed by atoms with Crippen molar-refractivity contribution in [3.63, 3.8) is 0 Å². The standard InChI is InChI=1S/C19H33NO/c1-14(9-10-20-11-12-21-6)7-8-19-17(4)15(2)13-16(3)18(19)5/h13-14,20H,7-12H2,1-6H3. The van der Waals surface area contributed by atoms with Gasteiger partial charge < -0.3 is 10.1 Å². The highest BCUT2D eigenvalue weighted by molar-refractivity contribution is 5.44. The first-order chi connectivity index (χ1) is 9.97. The second-order valence-corrected chi connectivity index (χ2v) is 6.41. The minimum atomic E-state index is 0.764. The molecule has 120 valence electrons. The maximum absolute atomic E-state index is 5.04. The summed E-state index contributed by atoms with van der Waals surface area (Å²) in [5.41, 5.74) is 7.42. The van der Waals surface area contributed by atoms with Crippen LogP contribution in [0.5, 0.6) is 0 Å². The molecule has 1 N–H and O–H groups in total. The van der Waals surface area contributed by atoms with Gasteiger partial charge in [0.25, 0.3) is 0 Å². The van der Waals surface area contributed by atoms with E-state index in [2.05, 4.69) is 46.0 Å². The van der Waals surface area contributed by atoms with Gasteiger partial charge >= 0.3 is 0 Å². The highest BCUT2D eigenvalue weighted by Crippen LogP contribution is 2.24. The third kappa shape index (κ3) is 5.80. The molecule has 2 heteroatoms. The van der Waals surface area contributed by atoms with Crippen molar-refractivity contribution in [2.45, 2.75) is 53.9 Å². The lowest BCUT2D eigenvalue weighted by Crippen LogP contribution is -2.21. The monoisotopic (exact) mass is 291 g/mol. The van der Waals surface area contributed by atoms with Crippen LogP contribution in [0.4, 0.5) is 0 Å². The molecule has 0 saturated carbocycles. The molecule has 0 heterocycles. The van der Waals surface area contributed by atoms with E-state index in [4.69, 9.17) is 4.74 Å². The third-order valence-corrected chi connectivity index (χ3v) is 4.71. The van der Waals surface area contributed by atoms with Crippen LogP contribution in [0.1, 0.15) is 47.6 Å². The Bertz CT molecular complexity index is 413. The first kappa shape index (κ1) is 18.2. The van der Waals surface area contributed by atoms with Gasteiger partial charge in [0.1, 0.15) is 0 Å². The molecule has 1 unspecified atom stereocenters. The fraction of sp³-hybridized carbons (Fsp3) is 0.684. The lowest BCUT2D eigenvalue weighted by atomic mass is 9.89. The number of nitrogens with one attached hydrogen (secondary N) is 1. The topological polar surface area (TPSA) is 21.3 Å². The molecule has 0 aliphatic carbocycles. The number of methoxy groups -OCH3 is 1. The van der Waals surface area contributed by atoms with Crippen LogP contribution in [0.2, 0.25) is 0 Å². The van der Waals surface area contributed by atoms with E-state index in [-0.39, 0.29) is 0 Å². The quantitative estimate of drug-likeness (QED) is 0.691. The van der Waals surface area contributed by atoms with Gasteiger partial charge in [0.15, 0.2) is 0 Å². The van der Waals surface area contributed by atoms with E-state index in [0.29, 0.717) is 0 Å². The summed E-state index contributed by atoms with van der Waals surface area (Å²) in [5, 5.41) is 3.43. The Morgan fingerprint density at radius 2 is 1.62 bits per heavy atom. The van der Waals surface area contributed by atoms with Crippen LogP contribution in [0.25, 0.3) is 0 Å². The molecule has 0 bridgehead atoms. The van der Waals surface area contributed by atoms with Crippen LogP contribution < -0.4 is 5.32 Å². The maximum Gasteiger partial charge on any atom is 0.0587 e. The van der Waals surface area contributed by atoms with Gasteiger partial charge in [0, 0.05) is 13.7 Å². The minimum absolute atomic E-state index is 0.764. The second kappa shape index (κ2) is 9.22.